The maximum absolute atomic E-state index is 12.9. The molecule has 9 heteroatoms. The summed E-state index contributed by atoms with van der Waals surface area (Å²) in [6, 6.07) is 4.03. The third-order valence-corrected chi connectivity index (χ3v) is 4.36. The molecule has 1 aromatic rings. The van der Waals surface area contributed by atoms with Crippen LogP contribution in [0, 0.1) is 0 Å². The van der Waals surface area contributed by atoms with Gasteiger partial charge < -0.3 is 5.73 Å². The first-order valence-electron chi connectivity index (χ1n) is 4.71. The smallest absolute Gasteiger partial charge is 0.273 e. The Balaban J connectivity index is 3.01. The van der Waals surface area contributed by atoms with Crippen molar-refractivity contribution in [3.63, 3.8) is 0 Å². The van der Waals surface area contributed by atoms with Crippen LogP contribution in [0.3, 0.4) is 0 Å². The highest BCUT2D eigenvalue weighted by atomic mass is 35.5. The molecule has 1 aromatic carbocycles. The molecule has 18 heavy (non-hydrogen) atoms. The normalized spacial score (nSPS) is 12.7. The van der Waals surface area contributed by atoms with E-state index in [0.29, 0.717) is 0 Å². The summed E-state index contributed by atoms with van der Waals surface area (Å²) in [7, 11) is -4.21. The van der Waals surface area contributed by atoms with E-state index < -0.39 is 33.9 Å². The molecule has 102 valence electrons. The zero-order chi connectivity index (χ0) is 14.0. The molecule has 0 saturated carbocycles. The molecular weight excluding hydrogens is 309 g/mol. The van der Waals surface area contributed by atoms with Crippen LogP contribution in [0.1, 0.15) is 0 Å². The van der Waals surface area contributed by atoms with Gasteiger partial charge in [0.15, 0.2) is 0 Å². The molecule has 4 nitrogen and oxygen atoms in total. The second-order valence-corrected chi connectivity index (χ2v) is 5.95. The van der Waals surface area contributed by atoms with Crippen LogP contribution in [0.2, 0.25) is 10.0 Å². The lowest BCUT2D eigenvalue weighted by molar-refractivity contribution is 0.0170. The van der Waals surface area contributed by atoms with Crippen LogP contribution in [0.5, 0.6) is 0 Å². The number of hydrogen-bond acceptors (Lipinski definition) is 3. The molecule has 1 rings (SSSR count). The maximum atomic E-state index is 12.9. The molecule has 0 atom stereocenters. The van der Waals surface area contributed by atoms with Crippen LogP contribution in [0.25, 0.3) is 0 Å². The molecular formula is C9H10Cl2F2N2O2S. The van der Waals surface area contributed by atoms with Gasteiger partial charge in [0.2, 0.25) is 10.0 Å². The summed E-state index contributed by atoms with van der Waals surface area (Å²) >= 11 is 11.4. The highest BCUT2D eigenvalue weighted by Gasteiger charge is 2.30. The van der Waals surface area contributed by atoms with E-state index >= 15 is 0 Å². The Labute approximate surface area is 113 Å². The summed E-state index contributed by atoms with van der Waals surface area (Å²) in [6.45, 7) is -2.08. The number of benzene rings is 1. The van der Waals surface area contributed by atoms with Crippen LogP contribution < -0.4 is 10.5 Å². The Hall–Kier alpha value is -0.470. The van der Waals surface area contributed by atoms with Crippen LogP contribution in [-0.4, -0.2) is 27.4 Å². The van der Waals surface area contributed by atoms with Gasteiger partial charge in [0.25, 0.3) is 5.92 Å². The molecule has 0 fully saturated rings. The van der Waals surface area contributed by atoms with Gasteiger partial charge in [-0.1, -0.05) is 29.3 Å². The quantitative estimate of drug-likeness (QED) is 0.870. The molecule has 0 aromatic heterocycles. The Morgan fingerprint density at radius 2 is 1.78 bits per heavy atom. The number of hydrogen-bond donors (Lipinski definition) is 2. The van der Waals surface area contributed by atoms with Crippen LogP contribution in [0.4, 0.5) is 8.78 Å². The fourth-order valence-electron chi connectivity index (χ4n) is 1.08. The Bertz CT molecular complexity index is 517. The standard InChI is InChI=1S/C9H10Cl2F2N2O2S/c10-6-2-1-3-7(11)8(6)18(16,17)15-5-9(12,13)4-14/h1-3,15H,4-5,14H2. The zero-order valence-electron chi connectivity index (χ0n) is 8.96. The molecule has 0 radical (unpaired) electrons. The predicted octanol–water partition coefficient (Wildman–Crippen LogP) is 1.87. The fraction of sp³-hybridized carbons (Fsp3) is 0.333. The molecule has 0 aliphatic carbocycles. The van der Waals surface area contributed by atoms with Gasteiger partial charge >= 0.3 is 0 Å². The Morgan fingerprint density at radius 3 is 2.22 bits per heavy atom. The molecule has 0 amide bonds. The van der Waals surface area contributed by atoms with Gasteiger partial charge in [0.1, 0.15) is 4.90 Å². The van der Waals surface area contributed by atoms with Crippen molar-refractivity contribution in [2.75, 3.05) is 13.1 Å². The van der Waals surface area contributed by atoms with Gasteiger partial charge in [-0.05, 0) is 12.1 Å². The minimum atomic E-state index is -4.21. The van der Waals surface area contributed by atoms with Crippen molar-refractivity contribution in [3.8, 4) is 0 Å². The Kier molecular flexibility index (Phi) is 4.90. The van der Waals surface area contributed by atoms with Gasteiger partial charge in [0, 0.05) is 0 Å². The SMILES string of the molecule is NCC(F)(F)CNS(=O)(=O)c1c(Cl)cccc1Cl. The lowest BCUT2D eigenvalue weighted by Crippen LogP contribution is -2.41. The third-order valence-electron chi connectivity index (χ3n) is 2.01. The summed E-state index contributed by atoms with van der Waals surface area (Å²) in [5.74, 6) is -3.33. The molecule has 0 aliphatic heterocycles. The molecule has 0 heterocycles. The first kappa shape index (κ1) is 15.6. The van der Waals surface area contributed by atoms with Crippen molar-refractivity contribution < 1.29 is 17.2 Å². The van der Waals surface area contributed by atoms with Crippen molar-refractivity contribution in [2.45, 2.75) is 10.8 Å². The summed E-state index contributed by atoms with van der Waals surface area (Å²) in [6.07, 6.45) is 0. The van der Waals surface area contributed by atoms with E-state index in [1.165, 1.54) is 18.2 Å². The van der Waals surface area contributed by atoms with E-state index in [1.807, 2.05) is 0 Å². The van der Waals surface area contributed by atoms with Crippen molar-refractivity contribution >= 4 is 33.2 Å². The van der Waals surface area contributed by atoms with Crippen molar-refractivity contribution in [1.29, 1.82) is 0 Å². The van der Waals surface area contributed by atoms with E-state index in [2.05, 4.69) is 0 Å². The second kappa shape index (κ2) is 5.66. The summed E-state index contributed by atoms with van der Waals surface area (Å²) in [5, 5.41) is -0.294. The summed E-state index contributed by atoms with van der Waals surface area (Å²) in [4.78, 5) is -0.429. The number of nitrogens with two attached hydrogens (primary N) is 1. The number of halogens is 4. The van der Waals surface area contributed by atoms with E-state index in [0.717, 1.165) is 0 Å². The largest absolute Gasteiger partial charge is 0.325 e. The topological polar surface area (TPSA) is 72.2 Å². The van der Waals surface area contributed by atoms with E-state index in [9.17, 15) is 17.2 Å². The summed E-state index contributed by atoms with van der Waals surface area (Å²) < 4.78 is 51.1. The minimum absolute atomic E-state index is 0.147. The average Bonchev–Trinajstić information content (AvgIpc) is 2.26. The third kappa shape index (κ3) is 3.76. The zero-order valence-corrected chi connectivity index (χ0v) is 11.3. The molecule has 0 spiro atoms. The number of nitrogens with one attached hydrogen (secondary N) is 1. The van der Waals surface area contributed by atoms with Gasteiger partial charge in [-0.15, -0.1) is 0 Å². The highest BCUT2D eigenvalue weighted by molar-refractivity contribution is 7.89. The number of sulfonamides is 1. The number of alkyl halides is 2. The molecule has 0 unspecified atom stereocenters. The monoisotopic (exact) mass is 318 g/mol. The van der Waals surface area contributed by atoms with Crippen LogP contribution >= 0.6 is 23.2 Å². The first-order chi connectivity index (χ1) is 8.19. The Morgan fingerprint density at radius 1 is 1.28 bits per heavy atom. The van der Waals surface area contributed by atoms with Crippen LogP contribution in [-0.2, 0) is 10.0 Å². The molecule has 3 N–H and O–H groups in total. The highest BCUT2D eigenvalue weighted by Crippen LogP contribution is 2.28. The van der Waals surface area contributed by atoms with Gasteiger partial charge in [-0.25, -0.2) is 21.9 Å². The maximum Gasteiger partial charge on any atom is 0.273 e. The molecule has 0 aliphatic rings. The lowest BCUT2D eigenvalue weighted by atomic mass is 10.3. The van der Waals surface area contributed by atoms with Crippen molar-refractivity contribution in [2.24, 2.45) is 5.73 Å². The number of rotatable bonds is 5. The second-order valence-electron chi connectivity index (χ2n) is 3.44. The van der Waals surface area contributed by atoms with E-state index in [1.54, 1.807) is 4.72 Å². The van der Waals surface area contributed by atoms with Crippen LogP contribution in [0.15, 0.2) is 23.1 Å². The van der Waals surface area contributed by atoms with Gasteiger partial charge in [-0.3, -0.25) is 0 Å². The lowest BCUT2D eigenvalue weighted by Gasteiger charge is -2.15. The van der Waals surface area contributed by atoms with E-state index in [-0.39, 0.29) is 10.0 Å². The first-order valence-corrected chi connectivity index (χ1v) is 6.95. The molecule has 0 bridgehead atoms. The fourth-order valence-corrected chi connectivity index (χ4v) is 3.29. The van der Waals surface area contributed by atoms with Crippen molar-refractivity contribution in [1.82, 2.24) is 4.72 Å². The van der Waals surface area contributed by atoms with E-state index in [4.69, 9.17) is 28.9 Å². The van der Waals surface area contributed by atoms with Gasteiger partial charge in [0.05, 0.1) is 23.1 Å². The van der Waals surface area contributed by atoms with Crippen molar-refractivity contribution in [3.05, 3.63) is 28.2 Å². The minimum Gasteiger partial charge on any atom is -0.325 e. The van der Waals surface area contributed by atoms with Gasteiger partial charge in [-0.2, -0.15) is 0 Å². The summed E-state index contributed by atoms with van der Waals surface area (Å²) in [5.41, 5.74) is 4.80. The molecule has 0 saturated heterocycles. The predicted molar refractivity (Wildman–Crippen MR) is 65.7 cm³/mol. The average molecular weight is 319 g/mol.